The van der Waals surface area contributed by atoms with Gasteiger partial charge in [0.2, 0.25) is 0 Å². The average molecular weight is 258 g/mol. The molecule has 0 aromatic carbocycles. The van der Waals surface area contributed by atoms with E-state index in [9.17, 15) is 9.59 Å². The highest BCUT2D eigenvalue weighted by Crippen LogP contribution is 2.21. The molecule has 0 aliphatic rings. The number of aliphatic carboxylic acids is 1. The molecule has 0 aromatic rings. The van der Waals surface area contributed by atoms with Gasteiger partial charge in [0.25, 0.3) is 0 Å². The summed E-state index contributed by atoms with van der Waals surface area (Å²) in [6.07, 6.45) is 0.576. The number of carboxylic acids is 1. The number of rotatable bonds is 6. The fourth-order valence-corrected chi connectivity index (χ4v) is 1.17. The first-order valence-electron chi connectivity index (χ1n) is 5.39. The molecule has 0 saturated carbocycles. The largest absolute Gasteiger partial charge is 0.481 e. The molecule has 0 aliphatic heterocycles. The van der Waals surface area contributed by atoms with Crippen molar-refractivity contribution in [1.29, 1.82) is 0 Å². The van der Waals surface area contributed by atoms with Gasteiger partial charge in [0.05, 0.1) is 5.41 Å². The van der Waals surface area contributed by atoms with Crippen LogP contribution in [0.25, 0.3) is 0 Å². The quantitative estimate of drug-likeness (QED) is 0.449. The molecule has 0 saturated heterocycles. The van der Waals surface area contributed by atoms with Gasteiger partial charge in [-0.3, -0.25) is 9.59 Å². The predicted molar refractivity (Wildman–Crippen MR) is 67.5 cm³/mol. The Morgan fingerprint density at radius 3 is 2.59 bits per heavy atom. The van der Waals surface area contributed by atoms with Crippen LogP contribution in [0.2, 0.25) is 0 Å². The fourth-order valence-electron chi connectivity index (χ4n) is 0.729. The first-order valence-corrected chi connectivity index (χ1v) is 6.37. The van der Waals surface area contributed by atoms with Crippen molar-refractivity contribution in [3.05, 3.63) is 0 Å². The second-order valence-electron chi connectivity index (χ2n) is 4.07. The number of carbonyl (C=O) groups excluding carboxylic acids is 1. The zero-order valence-electron chi connectivity index (χ0n) is 10.4. The van der Waals surface area contributed by atoms with E-state index in [1.807, 2.05) is 20.8 Å². The van der Waals surface area contributed by atoms with Crippen LogP contribution in [0.3, 0.4) is 0 Å². The molecule has 0 spiro atoms. The SMILES string of the molecule is CCC(C)(C)C(=O)OCCSC#CCC(=O)O. The van der Waals surface area contributed by atoms with Crippen LogP contribution in [0.5, 0.6) is 0 Å². The minimum Gasteiger partial charge on any atom is -0.481 e. The highest BCUT2D eigenvalue weighted by atomic mass is 32.2. The van der Waals surface area contributed by atoms with E-state index in [2.05, 4.69) is 11.2 Å². The molecule has 0 rings (SSSR count). The van der Waals surface area contributed by atoms with Gasteiger partial charge in [-0.05, 0) is 25.5 Å². The first kappa shape index (κ1) is 15.9. The number of hydrogen-bond donors (Lipinski definition) is 1. The topological polar surface area (TPSA) is 63.6 Å². The van der Waals surface area contributed by atoms with Crippen molar-refractivity contribution in [2.24, 2.45) is 5.41 Å². The van der Waals surface area contributed by atoms with Crippen LogP contribution < -0.4 is 0 Å². The zero-order chi connectivity index (χ0) is 13.3. The molecule has 0 heterocycles. The van der Waals surface area contributed by atoms with Gasteiger partial charge in [0, 0.05) is 5.75 Å². The normalized spacial score (nSPS) is 10.3. The Labute approximate surface area is 106 Å². The molecule has 0 aliphatic carbocycles. The van der Waals surface area contributed by atoms with Crippen LogP contribution in [0, 0.1) is 16.6 Å². The molecule has 0 aromatic heterocycles. The van der Waals surface area contributed by atoms with Crippen LogP contribution >= 0.6 is 11.8 Å². The van der Waals surface area contributed by atoms with E-state index in [1.165, 1.54) is 11.8 Å². The third kappa shape index (κ3) is 7.70. The van der Waals surface area contributed by atoms with E-state index in [-0.39, 0.29) is 12.4 Å². The van der Waals surface area contributed by atoms with Crippen LogP contribution in [0.4, 0.5) is 0 Å². The Morgan fingerprint density at radius 2 is 2.06 bits per heavy atom. The molecule has 0 bridgehead atoms. The van der Waals surface area contributed by atoms with Crippen LogP contribution in [-0.2, 0) is 14.3 Å². The molecule has 0 atom stereocenters. The highest BCUT2D eigenvalue weighted by molar-refractivity contribution is 8.03. The summed E-state index contributed by atoms with van der Waals surface area (Å²) >= 11 is 1.25. The van der Waals surface area contributed by atoms with E-state index in [1.54, 1.807) is 0 Å². The van der Waals surface area contributed by atoms with Crippen molar-refractivity contribution in [1.82, 2.24) is 0 Å². The maximum Gasteiger partial charge on any atom is 0.315 e. The van der Waals surface area contributed by atoms with E-state index in [4.69, 9.17) is 9.84 Å². The Hall–Kier alpha value is -1.15. The van der Waals surface area contributed by atoms with Crippen LogP contribution in [0.1, 0.15) is 33.6 Å². The summed E-state index contributed by atoms with van der Waals surface area (Å²) in [4.78, 5) is 21.7. The van der Waals surface area contributed by atoms with E-state index >= 15 is 0 Å². The summed E-state index contributed by atoms with van der Waals surface area (Å²) < 4.78 is 5.08. The summed E-state index contributed by atoms with van der Waals surface area (Å²) in [6, 6.07) is 0. The predicted octanol–water partition coefficient (Wildman–Crippen LogP) is 2.13. The molecule has 0 amide bonds. The van der Waals surface area contributed by atoms with Crippen molar-refractivity contribution >= 4 is 23.7 Å². The van der Waals surface area contributed by atoms with Gasteiger partial charge in [-0.1, -0.05) is 24.6 Å². The number of hydrogen-bond acceptors (Lipinski definition) is 4. The third-order valence-electron chi connectivity index (χ3n) is 2.24. The number of thioether (sulfide) groups is 1. The lowest BCUT2D eigenvalue weighted by molar-refractivity contribution is -0.153. The standard InChI is InChI=1S/C12H18O4S/c1-4-12(2,3)11(15)16-7-9-17-8-5-6-10(13)14/h4,6-7,9H2,1-3H3,(H,13,14). The monoisotopic (exact) mass is 258 g/mol. The Kier molecular flexibility index (Phi) is 7.47. The second kappa shape index (κ2) is 8.02. The lowest BCUT2D eigenvalue weighted by atomic mass is 9.91. The number of carbonyl (C=O) groups is 2. The molecule has 5 heteroatoms. The number of ether oxygens (including phenoxy) is 1. The summed E-state index contributed by atoms with van der Waals surface area (Å²) in [5.41, 5.74) is -0.445. The molecular weight excluding hydrogens is 240 g/mol. The minimum atomic E-state index is -0.936. The number of carboxylic acid groups (broad SMARTS) is 1. The summed E-state index contributed by atoms with van der Waals surface area (Å²) in [7, 11) is 0. The second-order valence-corrected chi connectivity index (χ2v) is 4.97. The molecule has 0 unspecified atom stereocenters. The molecular formula is C12H18O4S. The smallest absolute Gasteiger partial charge is 0.315 e. The van der Waals surface area contributed by atoms with Crippen molar-refractivity contribution in [2.75, 3.05) is 12.4 Å². The van der Waals surface area contributed by atoms with Gasteiger partial charge < -0.3 is 9.84 Å². The summed E-state index contributed by atoms with van der Waals surface area (Å²) in [5.74, 6) is 1.90. The Bertz CT molecular complexity index is 325. The van der Waals surface area contributed by atoms with E-state index < -0.39 is 11.4 Å². The highest BCUT2D eigenvalue weighted by Gasteiger charge is 2.26. The number of esters is 1. The first-order chi connectivity index (χ1) is 7.90. The van der Waals surface area contributed by atoms with Crippen LogP contribution in [-0.4, -0.2) is 29.4 Å². The average Bonchev–Trinajstić information content (AvgIpc) is 2.27. The van der Waals surface area contributed by atoms with Gasteiger partial charge in [0.15, 0.2) is 0 Å². The summed E-state index contributed by atoms with van der Waals surface area (Å²) in [6.45, 7) is 5.92. The molecule has 0 fully saturated rings. The maximum absolute atomic E-state index is 11.5. The van der Waals surface area contributed by atoms with E-state index in [0.717, 1.165) is 6.42 Å². The van der Waals surface area contributed by atoms with Gasteiger partial charge in [-0.2, -0.15) is 0 Å². The lowest BCUT2D eigenvalue weighted by Crippen LogP contribution is -2.26. The summed E-state index contributed by atoms with van der Waals surface area (Å²) in [5, 5.41) is 11.0. The van der Waals surface area contributed by atoms with Crippen LogP contribution in [0.15, 0.2) is 0 Å². The fraction of sp³-hybridized carbons (Fsp3) is 0.667. The Morgan fingerprint density at radius 1 is 1.41 bits per heavy atom. The third-order valence-corrected chi connectivity index (χ3v) is 2.90. The molecule has 0 radical (unpaired) electrons. The van der Waals surface area contributed by atoms with E-state index in [0.29, 0.717) is 12.4 Å². The zero-order valence-corrected chi connectivity index (χ0v) is 11.2. The van der Waals surface area contributed by atoms with Crippen molar-refractivity contribution < 1.29 is 19.4 Å². The molecule has 96 valence electrons. The molecule has 4 nitrogen and oxygen atoms in total. The minimum absolute atomic E-state index is 0.157. The Balaban J connectivity index is 3.68. The van der Waals surface area contributed by atoms with Crippen molar-refractivity contribution in [3.8, 4) is 11.2 Å². The van der Waals surface area contributed by atoms with Gasteiger partial charge in [-0.15, -0.1) is 0 Å². The lowest BCUT2D eigenvalue weighted by Gasteiger charge is -2.19. The molecule has 1 N–H and O–H groups in total. The van der Waals surface area contributed by atoms with Gasteiger partial charge in [-0.25, -0.2) is 0 Å². The van der Waals surface area contributed by atoms with Gasteiger partial charge >= 0.3 is 11.9 Å². The van der Waals surface area contributed by atoms with Gasteiger partial charge in [0.1, 0.15) is 13.0 Å². The molecule has 17 heavy (non-hydrogen) atoms. The van der Waals surface area contributed by atoms with Crippen molar-refractivity contribution in [2.45, 2.75) is 33.6 Å². The van der Waals surface area contributed by atoms with Crippen molar-refractivity contribution in [3.63, 3.8) is 0 Å². The maximum atomic E-state index is 11.5.